The average molecular weight is 305 g/mol. The van der Waals surface area contributed by atoms with Crippen molar-refractivity contribution >= 4 is 29.0 Å². The molecule has 1 heterocycles. The Kier molecular flexibility index (Phi) is 4.36. The van der Waals surface area contributed by atoms with Crippen LogP contribution in [0.3, 0.4) is 0 Å². The van der Waals surface area contributed by atoms with Gasteiger partial charge in [-0.15, -0.1) is 0 Å². The number of pyridine rings is 1. The minimum Gasteiger partial charge on any atom is -0.373 e. The molecule has 0 spiro atoms. The smallest absolute Gasteiger partial charge is 0.275 e. The maximum atomic E-state index is 13.5. The highest BCUT2D eigenvalue weighted by Crippen LogP contribution is 2.21. The summed E-state index contributed by atoms with van der Waals surface area (Å²) in [6.45, 7) is 0. The van der Waals surface area contributed by atoms with Crippen molar-refractivity contribution in [1.82, 2.24) is 4.98 Å². The lowest BCUT2D eigenvalue weighted by Gasteiger charge is -2.09. The minimum absolute atomic E-state index is 0.0170. The highest BCUT2D eigenvalue weighted by molar-refractivity contribution is 6.34. The van der Waals surface area contributed by atoms with E-state index in [2.05, 4.69) is 15.6 Å². The first kappa shape index (κ1) is 14.8. The molecule has 0 saturated heterocycles. The second-order valence-corrected chi connectivity index (χ2v) is 4.41. The first-order chi connectivity index (χ1) is 10.1. The van der Waals surface area contributed by atoms with Gasteiger partial charge in [-0.25, -0.2) is 9.37 Å². The average Bonchev–Trinajstić information content (AvgIpc) is 2.48. The predicted molar refractivity (Wildman–Crippen MR) is 77.9 cm³/mol. The Bertz CT molecular complexity index is 742. The molecule has 2 rings (SSSR count). The van der Waals surface area contributed by atoms with Crippen LogP contribution in [0.2, 0.25) is 5.02 Å². The zero-order chi connectivity index (χ0) is 15.4. The summed E-state index contributed by atoms with van der Waals surface area (Å²) in [5.41, 5.74) is -0.196. The van der Waals surface area contributed by atoms with Gasteiger partial charge in [0.15, 0.2) is 0 Å². The van der Waals surface area contributed by atoms with Gasteiger partial charge >= 0.3 is 0 Å². The number of amides is 1. The summed E-state index contributed by atoms with van der Waals surface area (Å²) < 4.78 is 13.5. The molecular weight excluding hydrogens is 295 g/mol. The van der Waals surface area contributed by atoms with Crippen LogP contribution in [0.4, 0.5) is 15.9 Å². The molecule has 5 nitrogen and oxygen atoms in total. The summed E-state index contributed by atoms with van der Waals surface area (Å²) >= 11 is 5.93. The number of carbonyl (C=O) groups is 1. The first-order valence-electron chi connectivity index (χ1n) is 5.91. The van der Waals surface area contributed by atoms with E-state index in [1.165, 1.54) is 18.2 Å². The summed E-state index contributed by atoms with van der Waals surface area (Å²) in [5, 5.41) is 14.3. The first-order valence-corrected chi connectivity index (χ1v) is 6.29. The molecule has 0 atom stereocenters. The molecule has 1 amide bonds. The van der Waals surface area contributed by atoms with E-state index in [0.717, 1.165) is 6.07 Å². The normalized spacial score (nSPS) is 9.81. The quantitative estimate of drug-likeness (QED) is 0.913. The number of nitrogens with zero attached hydrogens (tertiary/aromatic N) is 2. The van der Waals surface area contributed by atoms with Gasteiger partial charge in [0.1, 0.15) is 29.0 Å². The third-order valence-electron chi connectivity index (χ3n) is 2.69. The second-order valence-electron chi connectivity index (χ2n) is 4.01. The van der Waals surface area contributed by atoms with Crippen molar-refractivity contribution in [1.29, 1.82) is 5.26 Å². The fourth-order valence-corrected chi connectivity index (χ4v) is 1.86. The van der Waals surface area contributed by atoms with Crippen LogP contribution in [0, 0.1) is 17.1 Å². The molecule has 106 valence electrons. The van der Waals surface area contributed by atoms with Gasteiger partial charge in [-0.1, -0.05) is 17.7 Å². The molecule has 0 aliphatic carbocycles. The molecular formula is C14H10ClFN4O. The number of nitriles is 1. The van der Waals surface area contributed by atoms with Crippen LogP contribution in [0.15, 0.2) is 30.3 Å². The largest absolute Gasteiger partial charge is 0.373 e. The molecule has 0 fully saturated rings. The van der Waals surface area contributed by atoms with Gasteiger partial charge in [0.25, 0.3) is 5.91 Å². The highest BCUT2D eigenvalue weighted by Gasteiger charge is 2.16. The molecule has 21 heavy (non-hydrogen) atoms. The van der Waals surface area contributed by atoms with Gasteiger partial charge in [-0.2, -0.15) is 5.26 Å². The number of anilines is 2. The number of rotatable bonds is 3. The van der Waals surface area contributed by atoms with Gasteiger partial charge in [0, 0.05) is 7.05 Å². The fourth-order valence-electron chi connectivity index (χ4n) is 1.66. The van der Waals surface area contributed by atoms with Crippen molar-refractivity contribution in [2.75, 3.05) is 17.7 Å². The summed E-state index contributed by atoms with van der Waals surface area (Å²) in [6, 6.07) is 8.80. The highest BCUT2D eigenvalue weighted by atomic mass is 35.5. The van der Waals surface area contributed by atoms with E-state index >= 15 is 0 Å². The van der Waals surface area contributed by atoms with E-state index in [-0.39, 0.29) is 22.0 Å². The molecule has 0 bridgehead atoms. The Morgan fingerprint density at radius 2 is 2.14 bits per heavy atom. The number of nitrogens with one attached hydrogen (secondary N) is 2. The van der Waals surface area contributed by atoms with Gasteiger partial charge in [-0.3, -0.25) is 4.79 Å². The van der Waals surface area contributed by atoms with Crippen LogP contribution in [0.25, 0.3) is 0 Å². The molecule has 1 aromatic heterocycles. The summed E-state index contributed by atoms with van der Waals surface area (Å²) in [4.78, 5) is 16.2. The molecule has 0 aliphatic heterocycles. The lowest BCUT2D eigenvalue weighted by molar-refractivity contribution is 0.102. The lowest BCUT2D eigenvalue weighted by atomic mass is 10.2. The van der Waals surface area contributed by atoms with Crippen LogP contribution in [-0.2, 0) is 0 Å². The Morgan fingerprint density at radius 3 is 2.81 bits per heavy atom. The van der Waals surface area contributed by atoms with Crippen molar-refractivity contribution in [3.63, 3.8) is 0 Å². The number of benzene rings is 1. The van der Waals surface area contributed by atoms with E-state index in [1.54, 1.807) is 19.2 Å². The molecule has 0 unspecified atom stereocenters. The number of hydrogen-bond donors (Lipinski definition) is 2. The number of halogens is 2. The summed E-state index contributed by atoms with van der Waals surface area (Å²) in [7, 11) is 1.65. The standard InChI is InChI=1S/C14H10ClFN4O/c1-18-12-6-5-9(15)13(20-12)14(21)19-11-4-2-3-10(16)8(11)7-17/h2-6H,1H3,(H,18,20)(H,19,21). The maximum absolute atomic E-state index is 13.5. The molecule has 2 aromatic rings. The molecule has 7 heteroatoms. The topological polar surface area (TPSA) is 77.8 Å². The van der Waals surface area contributed by atoms with Crippen LogP contribution in [0.1, 0.15) is 16.1 Å². The van der Waals surface area contributed by atoms with Crippen LogP contribution in [0.5, 0.6) is 0 Å². The monoisotopic (exact) mass is 304 g/mol. The van der Waals surface area contributed by atoms with E-state index in [1.807, 2.05) is 0 Å². The third kappa shape index (κ3) is 3.09. The lowest BCUT2D eigenvalue weighted by Crippen LogP contribution is -2.16. The Balaban J connectivity index is 2.35. The Hall–Kier alpha value is -2.65. The Morgan fingerprint density at radius 1 is 1.38 bits per heavy atom. The molecule has 2 N–H and O–H groups in total. The Labute approximate surface area is 125 Å². The van der Waals surface area contributed by atoms with Crippen molar-refractivity contribution < 1.29 is 9.18 Å². The maximum Gasteiger partial charge on any atom is 0.275 e. The second kappa shape index (κ2) is 6.20. The van der Waals surface area contributed by atoms with Gasteiger partial charge in [0.05, 0.1) is 10.7 Å². The van der Waals surface area contributed by atoms with Crippen molar-refractivity contribution in [3.8, 4) is 6.07 Å². The predicted octanol–water partition coefficient (Wildman–Crippen LogP) is 3.04. The van der Waals surface area contributed by atoms with Gasteiger partial charge < -0.3 is 10.6 Å². The minimum atomic E-state index is -0.710. The SMILES string of the molecule is CNc1ccc(Cl)c(C(=O)Nc2cccc(F)c2C#N)n1. The molecule has 1 aromatic carbocycles. The van der Waals surface area contributed by atoms with Crippen LogP contribution >= 0.6 is 11.6 Å². The summed E-state index contributed by atoms with van der Waals surface area (Å²) in [6.07, 6.45) is 0. The van der Waals surface area contributed by atoms with E-state index in [9.17, 15) is 9.18 Å². The number of hydrogen-bond acceptors (Lipinski definition) is 4. The third-order valence-corrected chi connectivity index (χ3v) is 3.00. The zero-order valence-corrected chi connectivity index (χ0v) is 11.7. The van der Waals surface area contributed by atoms with Gasteiger partial charge in [-0.05, 0) is 24.3 Å². The summed E-state index contributed by atoms with van der Waals surface area (Å²) in [5.74, 6) is -0.873. The number of aromatic nitrogens is 1. The van der Waals surface area contributed by atoms with Crippen molar-refractivity contribution in [2.45, 2.75) is 0 Å². The molecule has 0 radical (unpaired) electrons. The molecule has 0 saturated carbocycles. The van der Waals surface area contributed by atoms with Crippen LogP contribution in [-0.4, -0.2) is 17.9 Å². The van der Waals surface area contributed by atoms with Gasteiger partial charge in [0.2, 0.25) is 0 Å². The molecule has 0 aliphatic rings. The van der Waals surface area contributed by atoms with Crippen LogP contribution < -0.4 is 10.6 Å². The zero-order valence-electron chi connectivity index (χ0n) is 10.9. The van der Waals surface area contributed by atoms with E-state index < -0.39 is 11.7 Å². The number of carbonyl (C=O) groups excluding carboxylic acids is 1. The van der Waals surface area contributed by atoms with E-state index in [0.29, 0.717) is 5.82 Å². The fraction of sp³-hybridized carbons (Fsp3) is 0.0714. The van der Waals surface area contributed by atoms with Crippen molar-refractivity contribution in [2.24, 2.45) is 0 Å². The van der Waals surface area contributed by atoms with Crippen molar-refractivity contribution in [3.05, 3.63) is 52.4 Å². The van der Waals surface area contributed by atoms with E-state index in [4.69, 9.17) is 16.9 Å².